The van der Waals surface area contributed by atoms with Gasteiger partial charge < -0.3 is 5.32 Å². The van der Waals surface area contributed by atoms with Gasteiger partial charge in [0.25, 0.3) is 17.0 Å². The van der Waals surface area contributed by atoms with Gasteiger partial charge in [-0.15, -0.1) is 22.7 Å². The molecule has 0 aromatic carbocycles. The van der Waals surface area contributed by atoms with E-state index in [0.717, 1.165) is 20.5 Å². The summed E-state index contributed by atoms with van der Waals surface area (Å²) in [5, 5.41) is 15.9. The summed E-state index contributed by atoms with van der Waals surface area (Å²) in [6.45, 7) is 2.28. The number of aryl methyl sites for hydroxylation is 1. The smallest absolute Gasteiger partial charge is 0.271 e. The molecule has 0 bridgehead atoms. The Kier molecular flexibility index (Phi) is 5.63. The predicted molar refractivity (Wildman–Crippen MR) is 115 cm³/mol. The van der Waals surface area contributed by atoms with Crippen molar-refractivity contribution in [2.45, 2.75) is 13.5 Å². The summed E-state index contributed by atoms with van der Waals surface area (Å²) >= 11 is 3.15. The van der Waals surface area contributed by atoms with Gasteiger partial charge in [0.2, 0.25) is 0 Å². The number of carbonyl (C=O) groups excluding carboxylic acids is 1. The van der Waals surface area contributed by atoms with E-state index in [1.807, 2.05) is 24.4 Å². The molecule has 0 aliphatic carbocycles. The average molecular weight is 441 g/mol. The molecule has 4 rings (SSSR count). The third-order valence-corrected chi connectivity index (χ3v) is 6.37. The van der Waals surface area contributed by atoms with Crippen molar-refractivity contribution in [3.63, 3.8) is 0 Å². The number of rotatable bonds is 6. The van der Waals surface area contributed by atoms with E-state index in [1.165, 1.54) is 34.2 Å². The molecule has 152 valence electrons. The molecule has 0 saturated carbocycles. The standard InChI is InChI=1S/C19H16N6O3S2/c1-11-17(30-19(21-11)14-3-2-10-29-14)12-5-7-16(27)25(24-12)9-8-20-18(28)13-4-6-15(26)23-22-13/h2-7,10H,8-9H2,1H3,(H,20,28)(H,23,26). The number of carbonyl (C=O) groups is 1. The quantitative estimate of drug-likeness (QED) is 0.472. The molecule has 4 aromatic rings. The van der Waals surface area contributed by atoms with Crippen molar-refractivity contribution in [2.24, 2.45) is 0 Å². The molecular formula is C19H16N6O3S2. The number of thiophene rings is 1. The van der Waals surface area contributed by atoms with Crippen molar-refractivity contribution in [2.75, 3.05) is 6.54 Å². The molecule has 4 aromatic heterocycles. The summed E-state index contributed by atoms with van der Waals surface area (Å²) in [7, 11) is 0. The number of aromatic nitrogens is 5. The number of hydrogen-bond acceptors (Lipinski definition) is 8. The second kappa shape index (κ2) is 8.51. The fourth-order valence-electron chi connectivity index (χ4n) is 2.71. The lowest BCUT2D eigenvalue weighted by molar-refractivity contribution is 0.0945. The fraction of sp³-hybridized carbons (Fsp3) is 0.158. The average Bonchev–Trinajstić information content (AvgIpc) is 3.40. The van der Waals surface area contributed by atoms with E-state index < -0.39 is 5.91 Å². The van der Waals surface area contributed by atoms with Gasteiger partial charge in [-0.05, 0) is 30.5 Å². The third kappa shape index (κ3) is 4.26. The largest absolute Gasteiger partial charge is 0.349 e. The number of thiazole rings is 1. The van der Waals surface area contributed by atoms with E-state index in [0.29, 0.717) is 5.69 Å². The third-order valence-electron chi connectivity index (χ3n) is 4.15. The summed E-state index contributed by atoms with van der Waals surface area (Å²) in [6.07, 6.45) is 0. The van der Waals surface area contributed by atoms with Crippen LogP contribution in [0.3, 0.4) is 0 Å². The lowest BCUT2D eigenvalue weighted by Crippen LogP contribution is -2.32. The number of amides is 1. The molecule has 0 atom stereocenters. The van der Waals surface area contributed by atoms with Crippen LogP contribution >= 0.6 is 22.7 Å². The van der Waals surface area contributed by atoms with Gasteiger partial charge in [0.05, 0.1) is 22.0 Å². The Bertz CT molecular complexity index is 1290. The number of aromatic amines is 1. The maximum absolute atomic E-state index is 12.2. The zero-order valence-electron chi connectivity index (χ0n) is 15.8. The first-order valence-electron chi connectivity index (χ1n) is 8.95. The summed E-state index contributed by atoms with van der Waals surface area (Å²) in [5.41, 5.74) is 0.931. The van der Waals surface area contributed by atoms with Crippen LogP contribution in [0, 0.1) is 6.92 Å². The topological polar surface area (TPSA) is 123 Å². The van der Waals surface area contributed by atoms with Crippen LogP contribution in [0.4, 0.5) is 0 Å². The second-order valence-electron chi connectivity index (χ2n) is 6.25. The van der Waals surface area contributed by atoms with Gasteiger partial charge in [-0.2, -0.15) is 10.2 Å². The molecule has 9 nitrogen and oxygen atoms in total. The second-order valence-corrected chi connectivity index (χ2v) is 8.20. The van der Waals surface area contributed by atoms with Gasteiger partial charge in [-0.1, -0.05) is 6.07 Å². The number of nitrogens with one attached hydrogen (secondary N) is 2. The summed E-state index contributed by atoms with van der Waals surface area (Å²) in [4.78, 5) is 41.9. The van der Waals surface area contributed by atoms with E-state index in [1.54, 1.807) is 17.4 Å². The van der Waals surface area contributed by atoms with Crippen LogP contribution < -0.4 is 16.4 Å². The van der Waals surface area contributed by atoms with E-state index in [4.69, 9.17) is 0 Å². The zero-order chi connectivity index (χ0) is 21.1. The van der Waals surface area contributed by atoms with Crippen LogP contribution in [0.15, 0.2) is 51.4 Å². The summed E-state index contributed by atoms with van der Waals surface area (Å²) < 4.78 is 1.31. The van der Waals surface area contributed by atoms with Gasteiger partial charge in [0.1, 0.15) is 16.4 Å². The first-order valence-corrected chi connectivity index (χ1v) is 10.6. The molecule has 0 saturated heterocycles. The van der Waals surface area contributed by atoms with E-state index in [9.17, 15) is 14.4 Å². The van der Waals surface area contributed by atoms with Gasteiger partial charge in [-0.25, -0.2) is 14.8 Å². The lowest BCUT2D eigenvalue weighted by atomic mass is 10.3. The monoisotopic (exact) mass is 440 g/mol. The molecule has 0 radical (unpaired) electrons. The first kappa shape index (κ1) is 19.9. The molecule has 1 amide bonds. The van der Waals surface area contributed by atoms with E-state index >= 15 is 0 Å². The molecule has 30 heavy (non-hydrogen) atoms. The Morgan fingerprint density at radius 1 is 1.20 bits per heavy atom. The Balaban J connectivity index is 1.49. The Morgan fingerprint density at radius 3 is 2.80 bits per heavy atom. The Hall–Kier alpha value is -3.44. The molecule has 0 aliphatic heterocycles. The maximum Gasteiger partial charge on any atom is 0.271 e. The van der Waals surface area contributed by atoms with Crippen LogP contribution in [0.2, 0.25) is 0 Å². The molecular weight excluding hydrogens is 424 g/mol. The summed E-state index contributed by atoms with van der Waals surface area (Å²) in [5.74, 6) is -0.450. The van der Waals surface area contributed by atoms with Crippen molar-refractivity contribution in [3.8, 4) is 20.5 Å². The van der Waals surface area contributed by atoms with E-state index in [-0.39, 0.29) is 29.9 Å². The molecule has 0 fully saturated rings. The minimum atomic E-state index is -0.450. The van der Waals surface area contributed by atoms with Gasteiger partial charge in [-0.3, -0.25) is 14.4 Å². The SMILES string of the molecule is Cc1nc(-c2cccs2)sc1-c1ccc(=O)n(CCNC(=O)c2ccc(=O)[nH]n2)n1. The lowest BCUT2D eigenvalue weighted by Gasteiger charge is -2.07. The highest BCUT2D eigenvalue weighted by Gasteiger charge is 2.14. The van der Waals surface area contributed by atoms with Crippen molar-refractivity contribution in [1.82, 2.24) is 30.3 Å². The van der Waals surface area contributed by atoms with Crippen LogP contribution in [0.25, 0.3) is 20.5 Å². The van der Waals surface area contributed by atoms with Gasteiger partial charge >= 0.3 is 0 Å². The highest BCUT2D eigenvalue weighted by atomic mass is 32.1. The molecule has 0 unspecified atom stereocenters. The zero-order valence-corrected chi connectivity index (χ0v) is 17.4. The van der Waals surface area contributed by atoms with Crippen LogP contribution in [-0.2, 0) is 6.54 Å². The van der Waals surface area contributed by atoms with Crippen LogP contribution in [0.5, 0.6) is 0 Å². The molecule has 0 aliphatic rings. The fourth-order valence-corrected chi connectivity index (χ4v) is 4.53. The molecule has 11 heteroatoms. The van der Waals surface area contributed by atoms with Crippen LogP contribution in [0.1, 0.15) is 16.2 Å². The highest BCUT2D eigenvalue weighted by molar-refractivity contribution is 7.23. The first-order chi connectivity index (χ1) is 14.5. The number of nitrogens with zero attached hydrogens (tertiary/aromatic N) is 4. The minimum Gasteiger partial charge on any atom is -0.349 e. The maximum atomic E-state index is 12.2. The Labute approximate surface area is 178 Å². The Morgan fingerprint density at radius 2 is 2.07 bits per heavy atom. The van der Waals surface area contributed by atoms with Crippen molar-refractivity contribution in [1.29, 1.82) is 0 Å². The van der Waals surface area contributed by atoms with Crippen LogP contribution in [-0.4, -0.2) is 37.4 Å². The normalized spacial score (nSPS) is 10.8. The van der Waals surface area contributed by atoms with Crippen molar-refractivity contribution >= 4 is 28.6 Å². The molecule has 0 spiro atoms. The minimum absolute atomic E-state index is 0.0880. The summed E-state index contributed by atoms with van der Waals surface area (Å²) in [6, 6.07) is 9.68. The van der Waals surface area contributed by atoms with Gasteiger partial charge in [0, 0.05) is 18.7 Å². The van der Waals surface area contributed by atoms with Crippen molar-refractivity contribution in [3.05, 3.63) is 73.9 Å². The predicted octanol–water partition coefficient (Wildman–Crippen LogP) is 1.92. The van der Waals surface area contributed by atoms with E-state index in [2.05, 4.69) is 25.6 Å². The van der Waals surface area contributed by atoms with Crippen molar-refractivity contribution < 1.29 is 4.79 Å². The highest BCUT2D eigenvalue weighted by Crippen LogP contribution is 2.35. The number of hydrogen-bond donors (Lipinski definition) is 2. The molecule has 4 heterocycles. The van der Waals surface area contributed by atoms with Gasteiger partial charge in [0.15, 0.2) is 0 Å². The molecule has 2 N–H and O–H groups in total. The number of H-pyrrole nitrogens is 1.